The molecule has 2 aromatic rings. The van der Waals surface area contributed by atoms with Crippen LogP contribution in [0.5, 0.6) is 0 Å². The van der Waals surface area contributed by atoms with Crippen LogP contribution in [0.15, 0.2) is 68.1 Å². The van der Waals surface area contributed by atoms with Crippen molar-refractivity contribution in [2.75, 3.05) is 0 Å². The van der Waals surface area contributed by atoms with Gasteiger partial charge in [0.25, 0.3) is 0 Å². The molecule has 0 N–H and O–H groups in total. The quantitative estimate of drug-likeness (QED) is 0.750. The van der Waals surface area contributed by atoms with Gasteiger partial charge in [-0.25, -0.2) is 0 Å². The van der Waals surface area contributed by atoms with Crippen molar-refractivity contribution in [2.45, 2.75) is 23.6 Å². The van der Waals surface area contributed by atoms with Crippen LogP contribution in [0.2, 0.25) is 0 Å². The van der Waals surface area contributed by atoms with Crippen molar-refractivity contribution in [3.05, 3.63) is 69.5 Å². The zero-order valence-corrected chi connectivity index (χ0v) is 15.1. The maximum Gasteiger partial charge on any atom is 0.235 e. The van der Waals surface area contributed by atoms with Crippen LogP contribution in [0.1, 0.15) is 11.1 Å². The zero-order chi connectivity index (χ0) is 16.4. The van der Waals surface area contributed by atoms with E-state index in [1.165, 1.54) is 34.7 Å². The van der Waals surface area contributed by atoms with Crippen LogP contribution in [0.4, 0.5) is 0 Å². The highest BCUT2D eigenvalue weighted by molar-refractivity contribution is 8.31. The molecule has 0 aliphatic carbocycles. The van der Waals surface area contributed by atoms with Gasteiger partial charge in [0, 0.05) is 9.79 Å². The number of thioether (sulfide) groups is 3. The van der Waals surface area contributed by atoms with E-state index in [0.717, 1.165) is 21.6 Å². The maximum atomic E-state index is 12.2. The molecule has 0 fully saturated rings. The predicted molar refractivity (Wildman–Crippen MR) is 98.7 cm³/mol. The second-order valence-corrected chi connectivity index (χ2v) is 8.28. The van der Waals surface area contributed by atoms with Gasteiger partial charge in [-0.15, -0.1) is 0 Å². The molecule has 0 amide bonds. The Morgan fingerprint density at radius 3 is 1.35 bits per heavy atom. The van der Waals surface area contributed by atoms with E-state index >= 15 is 0 Å². The van der Waals surface area contributed by atoms with Crippen molar-refractivity contribution in [1.29, 1.82) is 0 Å². The third-order valence-electron chi connectivity index (χ3n) is 3.24. The van der Waals surface area contributed by atoms with Crippen LogP contribution in [-0.4, -0.2) is 10.2 Å². The highest BCUT2D eigenvalue weighted by Crippen LogP contribution is 2.45. The van der Waals surface area contributed by atoms with Gasteiger partial charge in [0.15, 0.2) is 0 Å². The first-order valence-corrected chi connectivity index (χ1v) is 9.48. The van der Waals surface area contributed by atoms with Gasteiger partial charge in [-0.1, -0.05) is 58.9 Å². The number of hydrogen-bond donors (Lipinski definition) is 0. The maximum absolute atomic E-state index is 12.2. The molecule has 116 valence electrons. The van der Waals surface area contributed by atoms with Gasteiger partial charge in [-0.3, -0.25) is 9.59 Å². The third kappa shape index (κ3) is 3.91. The Balaban J connectivity index is 1.90. The van der Waals surface area contributed by atoms with E-state index in [-0.39, 0.29) is 10.2 Å². The second kappa shape index (κ2) is 6.99. The molecule has 2 aromatic carbocycles. The normalized spacial score (nSPS) is 14.7. The van der Waals surface area contributed by atoms with Crippen LogP contribution in [0, 0.1) is 13.8 Å². The highest BCUT2D eigenvalue weighted by Gasteiger charge is 2.33. The summed E-state index contributed by atoms with van der Waals surface area (Å²) < 4.78 is 0. The third-order valence-corrected chi connectivity index (χ3v) is 6.61. The highest BCUT2D eigenvalue weighted by atomic mass is 32.2. The molecule has 0 unspecified atom stereocenters. The Labute approximate surface area is 148 Å². The molecule has 0 spiro atoms. The summed E-state index contributed by atoms with van der Waals surface area (Å²) in [6, 6.07) is 15.9. The van der Waals surface area contributed by atoms with E-state index in [4.69, 9.17) is 0 Å². The molecule has 2 nitrogen and oxygen atoms in total. The number of benzene rings is 2. The van der Waals surface area contributed by atoms with Crippen LogP contribution in [0.25, 0.3) is 0 Å². The second-order valence-electron chi connectivity index (χ2n) is 5.17. The van der Waals surface area contributed by atoms with Gasteiger partial charge in [-0.05, 0) is 49.9 Å². The largest absolute Gasteiger partial charge is 0.280 e. The molecule has 1 aliphatic heterocycles. The number of rotatable bonds is 4. The van der Waals surface area contributed by atoms with E-state index in [9.17, 15) is 9.59 Å². The Morgan fingerprint density at radius 1 is 0.652 bits per heavy atom. The van der Waals surface area contributed by atoms with Gasteiger partial charge in [0.2, 0.25) is 10.2 Å². The van der Waals surface area contributed by atoms with Gasteiger partial charge < -0.3 is 0 Å². The molecular weight excluding hydrogens is 344 g/mol. The summed E-state index contributed by atoms with van der Waals surface area (Å²) in [6.45, 7) is 4.04. The molecule has 0 atom stereocenters. The fraction of sp³-hybridized carbons (Fsp3) is 0.111. The van der Waals surface area contributed by atoms with Crippen LogP contribution >= 0.6 is 35.3 Å². The zero-order valence-electron chi connectivity index (χ0n) is 12.7. The lowest BCUT2D eigenvalue weighted by atomic mass is 10.2. The Morgan fingerprint density at radius 2 is 1.00 bits per heavy atom. The predicted octanol–water partition coefficient (Wildman–Crippen LogP) is 5.20. The lowest BCUT2D eigenvalue weighted by molar-refractivity contribution is -0.107. The van der Waals surface area contributed by atoms with Crippen molar-refractivity contribution in [3.63, 3.8) is 0 Å². The first-order chi connectivity index (χ1) is 11.0. The Hall–Kier alpha value is -1.43. The molecule has 5 heteroatoms. The average molecular weight is 359 g/mol. The smallest absolute Gasteiger partial charge is 0.235 e. The average Bonchev–Trinajstić information content (AvgIpc) is 2.78. The molecule has 0 radical (unpaired) electrons. The Kier molecular flexibility index (Phi) is 4.99. The summed E-state index contributed by atoms with van der Waals surface area (Å²) in [5, 5.41) is -0.314. The van der Waals surface area contributed by atoms with Crippen molar-refractivity contribution >= 4 is 45.5 Å². The standard InChI is InChI=1S/C18H14O2S3/c1-11-3-7-13(8-4-11)21-15-16(18(20)23-17(15)19)22-14-9-5-12(2)6-10-14/h3-10H,1-2H3. The monoisotopic (exact) mass is 358 g/mol. The summed E-state index contributed by atoms with van der Waals surface area (Å²) >= 11 is 3.53. The van der Waals surface area contributed by atoms with E-state index in [1.54, 1.807) is 0 Å². The summed E-state index contributed by atoms with van der Waals surface area (Å²) in [5.41, 5.74) is 2.33. The first-order valence-electron chi connectivity index (χ1n) is 7.03. The summed E-state index contributed by atoms with van der Waals surface area (Å²) in [5.74, 6) is 0. The minimum absolute atomic E-state index is 0.157. The number of carbonyl (C=O) groups excluding carboxylic acids is 2. The van der Waals surface area contributed by atoms with Crippen molar-refractivity contribution in [3.8, 4) is 0 Å². The van der Waals surface area contributed by atoms with Crippen molar-refractivity contribution in [2.24, 2.45) is 0 Å². The number of carbonyl (C=O) groups is 2. The first kappa shape index (κ1) is 16.4. The van der Waals surface area contributed by atoms with Gasteiger partial charge >= 0.3 is 0 Å². The van der Waals surface area contributed by atoms with Crippen LogP contribution < -0.4 is 0 Å². The van der Waals surface area contributed by atoms with E-state index in [0.29, 0.717) is 9.81 Å². The van der Waals surface area contributed by atoms with Crippen molar-refractivity contribution < 1.29 is 9.59 Å². The van der Waals surface area contributed by atoms with Gasteiger partial charge in [-0.2, -0.15) is 0 Å². The van der Waals surface area contributed by atoms with Gasteiger partial charge in [0.05, 0.1) is 9.81 Å². The summed E-state index contributed by atoms with van der Waals surface area (Å²) in [6.07, 6.45) is 0. The van der Waals surface area contributed by atoms with Crippen molar-refractivity contribution in [1.82, 2.24) is 0 Å². The minimum Gasteiger partial charge on any atom is -0.280 e. The fourth-order valence-corrected chi connectivity index (χ4v) is 4.98. The summed E-state index contributed by atoms with van der Waals surface area (Å²) in [4.78, 5) is 27.3. The molecule has 0 saturated heterocycles. The number of aryl methyl sites for hydroxylation is 2. The molecule has 3 rings (SSSR count). The lowest BCUT2D eigenvalue weighted by Gasteiger charge is -2.05. The lowest BCUT2D eigenvalue weighted by Crippen LogP contribution is -1.89. The van der Waals surface area contributed by atoms with Gasteiger partial charge in [0.1, 0.15) is 0 Å². The van der Waals surface area contributed by atoms with E-state index in [2.05, 4.69) is 0 Å². The Bertz CT molecular complexity index is 723. The van der Waals surface area contributed by atoms with Crippen LogP contribution in [0.3, 0.4) is 0 Å². The topological polar surface area (TPSA) is 34.1 Å². The van der Waals surface area contributed by atoms with E-state index < -0.39 is 0 Å². The molecule has 0 bridgehead atoms. The number of hydrogen-bond acceptors (Lipinski definition) is 5. The summed E-state index contributed by atoms with van der Waals surface area (Å²) in [7, 11) is 0. The molecule has 23 heavy (non-hydrogen) atoms. The minimum atomic E-state index is -0.157. The SMILES string of the molecule is Cc1ccc(SC2=C(Sc3ccc(C)cc3)C(=O)SC2=O)cc1. The molecule has 0 aromatic heterocycles. The molecule has 1 heterocycles. The molecule has 1 aliphatic rings. The molecular formula is C18H14O2S3. The van der Waals surface area contributed by atoms with E-state index in [1.807, 2.05) is 62.4 Å². The molecule has 0 saturated carbocycles. The van der Waals surface area contributed by atoms with Crippen LogP contribution in [-0.2, 0) is 9.59 Å². The fourth-order valence-electron chi connectivity index (χ4n) is 1.99.